The Labute approximate surface area is 68.5 Å². The molecule has 0 aliphatic heterocycles. The van der Waals surface area contributed by atoms with Crippen LogP contribution < -0.4 is 0 Å². The van der Waals surface area contributed by atoms with Crippen molar-refractivity contribution in [1.29, 1.82) is 0 Å². The van der Waals surface area contributed by atoms with E-state index in [2.05, 4.69) is 5.92 Å². The van der Waals surface area contributed by atoms with E-state index in [1.807, 2.05) is 13.8 Å². The van der Waals surface area contributed by atoms with Crippen LogP contribution in [-0.2, 0) is 4.79 Å². The van der Waals surface area contributed by atoms with Gasteiger partial charge in [-0.2, -0.15) is 0 Å². The van der Waals surface area contributed by atoms with Gasteiger partial charge in [0.25, 0.3) is 0 Å². The molecule has 0 amide bonds. The minimum atomic E-state index is 0.121. The Balaban J connectivity index is 4.00. The van der Waals surface area contributed by atoms with E-state index in [1.165, 1.54) is 6.08 Å². The minimum Gasteiger partial charge on any atom is -0.295 e. The maximum Gasteiger partial charge on any atom is 0.156 e. The van der Waals surface area contributed by atoms with Gasteiger partial charge in [0.05, 0.1) is 0 Å². The molecule has 11 heavy (non-hydrogen) atoms. The first-order valence-corrected chi connectivity index (χ1v) is 3.74. The van der Waals surface area contributed by atoms with E-state index in [0.29, 0.717) is 17.9 Å². The van der Waals surface area contributed by atoms with Crippen LogP contribution in [-0.4, -0.2) is 5.78 Å². The average Bonchev–Trinajstić information content (AvgIpc) is 1.85. The molecule has 0 aromatic rings. The van der Waals surface area contributed by atoms with Crippen LogP contribution >= 0.6 is 0 Å². The second-order valence-electron chi connectivity index (χ2n) is 3.04. The first kappa shape index (κ1) is 9.97. The standard InChI is InChI=1S/C10H14O/c1-5-9(4)7-10(11)6-8(2)3/h1,7-8H,6H2,2-4H3/b9-7+. The van der Waals surface area contributed by atoms with Gasteiger partial charge in [-0.25, -0.2) is 0 Å². The summed E-state index contributed by atoms with van der Waals surface area (Å²) in [6.07, 6.45) is 7.19. The van der Waals surface area contributed by atoms with Crippen LogP contribution in [0.4, 0.5) is 0 Å². The monoisotopic (exact) mass is 150 g/mol. The van der Waals surface area contributed by atoms with Gasteiger partial charge in [-0.05, 0) is 18.9 Å². The summed E-state index contributed by atoms with van der Waals surface area (Å²) in [6, 6.07) is 0. The van der Waals surface area contributed by atoms with Gasteiger partial charge < -0.3 is 0 Å². The first-order chi connectivity index (χ1) is 5.06. The number of allylic oxidation sites excluding steroid dienone is 2. The molecule has 0 rings (SSSR count). The quantitative estimate of drug-likeness (QED) is 0.445. The molecule has 0 radical (unpaired) electrons. The zero-order valence-electron chi connectivity index (χ0n) is 7.35. The number of rotatable bonds is 3. The largest absolute Gasteiger partial charge is 0.295 e. The lowest BCUT2D eigenvalue weighted by molar-refractivity contribution is -0.115. The van der Waals surface area contributed by atoms with Gasteiger partial charge in [-0.3, -0.25) is 4.79 Å². The van der Waals surface area contributed by atoms with Gasteiger partial charge in [0, 0.05) is 12.0 Å². The van der Waals surface area contributed by atoms with E-state index in [9.17, 15) is 4.79 Å². The predicted octanol–water partition coefficient (Wildman–Crippen LogP) is 2.18. The third kappa shape index (κ3) is 5.42. The Hall–Kier alpha value is -1.03. The van der Waals surface area contributed by atoms with Crippen molar-refractivity contribution < 1.29 is 4.79 Å². The zero-order valence-corrected chi connectivity index (χ0v) is 7.35. The molecule has 0 unspecified atom stereocenters. The molecular formula is C10H14O. The summed E-state index contributed by atoms with van der Waals surface area (Å²) < 4.78 is 0. The highest BCUT2D eigenvalue weighted by atomic mass is 16.1. The van der Waals surface area contributed by atoms with Gasteiger partial charge >= 0.3 is 0 Å². The van der Waals surface area contributed by atoms with Gasteiger partial charge in [-0.1, -0.05) is 19.8 Å². The summed E-state index contributed by atoms with van der Waals surface area (Å²) in [7, 11) is 0. The SMILES string of the molecule is C#C/C(C)=C/C(=O)CC(C)C. The van der Waals surface area contributed by atoms with Gasteiger partial charge in [0.2, 0.25) is 0 Å². The fourth-order valence-electron chi connectivity index (χ4n) is 0.744. The van der Waals surface area contributed by atoms with Crippen LogP contribution in [0.25, 0.3) is 0 Å². The summed E-state index contributed by atoms with van der Waals surface area (Å²) in [5, 5.41) is 0. The number of hydrogen-bond acceptors (Lipinski definition) is 1. The molecule has 0 atom stereocenters. The van der Waals surface area contributed by atoms with Crippen molar-refractivity contribution in [2.24, 2.45) is 5.92 Å². The third-order valence-corrected chi connectivity index (χ3v) is 1.21. The summed E-state index contributed by atoms with van der Waals surface area (Å²) in [6.45, 7) is 5.78. The highest BCUT2D eigenvalue weighted by molar-refractivity contribution is 5.90. The molecule has 0 saturated heterocycles. The molecule has 0 saturated carbocycles. The van der Waals surface area contributed by atoms with Crippen molar-refractivity contribution in [3.8, 4) is 12.3 Å². The van der Waals surface area contributed by atoms with E-state index in [-0.39, 0.29) is 5.78 Å². The zero-order chi connectivity index (χ0) is 8.85. The summed E-state index contributed by atoms with van der Waals surface area (Å²) in [5.41, 5.74) is 0.704. The van der Waals surface area contributed by atoms with Crippen LogP contribution in [0.3, 0.4) is 0 Å². The molecule has 0 aliphatic rings. The maximum atomic E-state index is 11.1. The highest BCUT2D eigenvalue weighted by Gasteiger charge is 2.00. The smallest absolute Gasteiger partial charge is 0.156 e. The Morgan fingerprint density at radius 2 is 2.18 bits per heavy atom. The maximum absolute atomic E-state index is 11.1. The molecule has 0 aromatic carbocycles. The van der Waals surface area contributed by atoms with E-state index in [4.69, 9.17) is 6.42 Å². The number of hydrogen-bond donors (Lipinski definition) is 0. The normalized spacial score (nSPS) is 11.4. The van der Waals surface area contributed by atoms with E-state index in [1.54, 1.807) is 6.92 Å². The van der Waals surface area contributed by atoms with Crippen molar-refractivity contribution in [2.75, 3.05) is 0 Å². The summed E-state index contributed by atoms with van der Waals surface area (Å²) in [4.78, 5) is 11.1. The Morgan fingerprint density at radius 1 is 1.64 bits per heavy atom. The fourth-order valence-corrected chi connectivity index (χ4v) is 0.744. The molecule has 60 valence electrons. The van der Waals surface area contributed by atoms with E-state index < -0.39 is 0 Å². The lowest BCUT2D eigenvalue weighted by Gasteiger charge is -1.98. The first-order valence-electron chi connectivity index (χ1n) is 3.74. The molecule has 0 heterocycles. The molecule has 0 aliphatic carbocycles. The van der Waals surface area contributed by atoms with E-state index >= 15 is 0 Å². The highest BCUT2D eigenvalue weighted by Crippen LogP contribution is 2.02. The van der Waals surface area contributed by atoms with Crippen molar-refractivity contribution in [1.82, 2.24) is 0 Å². The number of carbonyl (C=O) groups excluding carboxylic acids is 1. The van der Waals surface area contributed by atoms with Crippen LogP contribution in [0, 0.1) is 18.3 Å². The lowest BCUT2D eigenvalue weighted by atomic mass is 10.1. The van der Waals surface area contributed by atoms with Crippen LogP contribution in [0.1, 0.15) is 27.2 Å². The third-order valence-electron chi connectivity index (χ3n) is 1.21. The predicted molar refractivity (Wildman–Crippen MR) is 47.1 cm³/mol. The van der Waals surface area contributed by atoms with Gasteiger partial charge in [0.1, 0.15) is 0 Å². The molecular weight excluding hydrogens is 136 g/mol. The van der Waals surface area contributed by atoms with Crippen LogP contribution in [0.15, 0.2) is 11.6 Å². The van der Waals surface area contributed by atoms with Crippen molar-refractivity contribution >= 4 is 5.78 Å². The van der Waals surface area contributed by atoms with Crippen molar-refractivity contribution in [3.05, 3.63) is 11.6 Å². The second kappa shape index (κ2) is 4.73. The molecule has 1 heteroatoms. The molecule has 1 nitrogen and oxygen atoms in total. The van der Waals surface area contributed by atoms with Crippen molar-refractivity contribution in [3.63, 3.8) is 0 Å². The topological polar surface area (TPSA) is 17.1 Å². The molecule has 0 spiro atoms. The fraction of sp³-hybridized carbons (Fsp3) is 0.500. The Bertz CT molecular complexity index is 203. The van der Waals surface area contributed by atoms with Gasteiger partial charge in [0.15, 0.2) is 5.78 Å². The molecule has 0 bridgehead atoms. The lowest BCUT2D eigenvalue weighted by Crippen LogP contribution is -1.99. The average molecular weight is 150 g/mol. The van der Waals surface area contributed by atoms with E-state index in [0.717, 1.165) is 0 Å². The molecule has 0 aromatic heterocycles. The summed E-state index contributed by atoms with van der Waals surface area (Å²) in [5.74, 6) is 2.94. The van der Waals surface area contributed by atoms with Crippen LogP contribution in [0.2, 0.25) is 0 Å². The summed E-state index contributed by atoms with van der Waals surface area (Å²) >= 11 is 0. The molecule has 0 fully saturated rings. The second-order valence-corrected chi connectivity index (χ2v) is 3.04. The molecule has 0 N–H and O–H groups in total. The number of carbonyl (C=O) groups is 1. The van der Waals surface area contributed by atoms with Crippen molar-refractivity contribution in [2.45, 2.75) is 27.2 Å². The van der Waals surface area contributed by atoms with Gasteiger partial charge in [-0.15, -0.1) is 6.42 Å². The Morgan fingerprint density at radius 3 is 2.55 bits per heavy atom. The van der Waals surface area contributed by atoms with Crippen LogP contribution in [0.5, 0.6) is 0 Å². The number of ketones is 1. The number of terminal acetylenes is 1. The minimum absolute atomic E-state index is 0.121. The Kier molecular flexibility index (Phi) is 4.29.